The van der Waals surface area contributed by atoms with Gasteiger partial charge in [0.05, 0.1) is 0 Å². The van der Waals surface area contributed by atoms with E-state index >= 15 is 0 Å². The molecule has 20 heavy (non-hydrogen) atoms. The van der Waals surface area contributed by atoms with Crippen LogP contribution in [0.5, 0.6) is 0 Å². The molecule has 2 aromatic carbocycles. The Bertz CT molecular complexity index is 736. The summed E-state index contributed by atoms with van der Waals surface area (Å²) in [6.07, 6.45) is 0. The van der Waals surface area contributed by atoms with E-state index in [0.717, 1.165) is 17.1 Å². The third-order valence-corrected chi connectivity index (χ3v) is 3.79. The van der Waals surface area contributed by atoms with Crippen LogP contribution in [0, 0.1) is 20.8 Å². The van der Waals surface area contributed by atoms with Gasteiger partial charge in [-0.15, -0.1) is 0 Å². The summed E-state index contributed by atoms with van der Waals surface area (Å²) in [4.78, 5) is 0. The summed E-state index contributed by atoms with van der Waals surface area (Å²) in [5.41, 5.74) is 6.10. The maximum atomic E-state index is 5.99. The zero-order chi connectivity index (χ0) is 14.1. The Labute approximate surface area is 119 Å². The molecule has 1 heterocycles. The molecular weight excluding hydrogens is 244 g/mol. The fourth-order valence-electron chi connectivity index (χ4n) is 2.54. The van der Waals surface area contributed by atoms with Gasteiger partial charge in [0.2, 0.25) is 0 Å². The lowest BCUT2D eigenvalue weighted by molar-refractivity contribution is 0.548. The molecule has 0 aliphatic heterocycles. The second kappa shape index (κ2) is 5.01. The molecule has 0 spiro atoms. The van der Waals surface area contributed by atoms with Crippen LogP contribution < -0.4 is 0 Å². The fourth-order valence-corrected chi connectivity index (χ4v) is 2.54. The standard InChI is InChI=1S/C19H18O/c1-13-8-7-11-17(15(13)3)19-18(12-14(2)20-19)16-9-5-4-6-10-16/h4-12H,1-3H3. The number of benzene rings is 2. The van der Waals surface area contributed by atoms with Crippen molar-refractivity contribution in [3.63, 3.8) is 0 Å². The summed E-state index contributed by atoms with van der Waals surface area (Å²) in [6.45, 7) is 6.29. The zero-order valence-electron chi connectivity index (χ0n) is 12.1. The molecule has 0 aliphatic rings. The molecule has 1 heteroatoms. The molecule has 1 aromatic heterocycles. The van der Waals surface area contributed by atoms with E-state index in [0.29, 0.717) is 0 Å². The SMILES string of the molecule is Cc1cc(-c2ccccc2)c(-c2cccc(C)c2C)o1. The molecule has 100 valence electrons. The first-order chi connectivity index (χ1) is 9.66. The molecule has 0 bridgehead atoms. The summed E-state index contributed by atoms with van der Waals surface area (Å²) in [5, 5.41) is 0. The highest BCUT2D eigenvalue weighted by molar-refractivity contribution is 5.82. The molecule has 0 atom stereocenters. The number of furan rings is 1. The van der Waals surface area contributed by atoms with Crippen LogP contribution in [0.4, 0.5) is 0 Å². The van der Waals surface area contributed by atoms with Crippen LogP contribution in [0.3, 0.4) is 0 Å². The largest absolute Gasteiger partial charge is 0.461 e. The lowest BCUT2D eigenvalue weighted by Gasteiger charge is -2.08. The van der Waals surface area contributed by atoms with E-state index < -0.39 is 0 Å². The number of hydrogen-bond donors (Lipinski definition) is 0. The third-order valence-electron chi connectivity index (χ3n) is 3.79. The quantitative estimate of drug-likeness (QED) is 0.591. The van der Waals surface area contributed by atoms with Crippen molar-refractivity contribution in [1.82, 2.24) is 0 Å². The van der Waals surface area contributed by atoms with Gasteiger partial charge in [-0.05, 0) is 43.5 Å². The van der Waals surface area contributed by atoms with E-state index in [-0.39, 0.29) is 0 Å². The summed E-state index contributed by atoms with van der Waals surface area (Å²) < 4.78 is 5.99. The van der Waals surface area contributed by atoms with Crippen LogP contribution in [0.2, 0.25) is 0 Å². The maximum absolute atomic E-state index is 5.99. The van der Waals surface area contributed by atoms with Gasteiger partial charge in [0.15, 0.2) is 0 Å². The minimum Gasteiger partial charge on any atom is -0.461 e. The molecule has 0 aliphatic carbocycles. The topological polar surface area (TPSA) is 13.1 Å². The zero-order valence-corrected chi connectivity index (χ0v) is 12.1. The van der Waals surface area contributed by atoms with E-state index in [2.05, 4.69) is 62.4 Å². The van der Waals surface area contributed by atoms with E-state index in [4.69, 9.17) is 4.42 Å². The van der Waals surface area contributed by atoms with Gasteiger partial charge in [0.25, 0.3) is 0 Å². The molecule has 0 radical (unpaired) electrons. The van der Waals surface area contributed by atoms with Gasteiger partial charge in [-0.1, -0.05) is 48.5 Å². The average Bonchev–Trinajstić information content (AvgIpc) is 2.85. The smallest absolute Gasteiger partial charge is 0.142 e. The number of rotatable bonds is 2. The van der Waals surface area contributed by atoms with Crippen LogP contribution in [0.25, 0.3) is 22.5 Å². The molecule has 3 rings (SSSR count). The van der Waals surface area contributed by atoms with Gasteiger partial charge < -0.3 is 4.42 Å². The van der Waals surface area contributed by atoms with Crippen molar-refractivity contribution < 1.29 is 4.42 Å². The van der Waals surface area contributed by atoms with Gasteiger partial charge in [0, 0.05) is 11.1 Å². The Morgan fingerprint density at radius 1 is 0.750 bits per heavy atom. The fraction of sp³-hybridized carbons (Fsp3) is 0.158. The van der Waals surface area contributed by atoms with Crippen molar-refractivity contribution in [2.45, 2.75) is 20.8 Å². The molecule has 0 amide bonds. The van der Waals surface area contributed by atoms with E-state index in [1.54, 1.807) is 0 Å². The normalized spacial score (nSPS) is 10.8. The minimum atomic E-state index is 0.944. The number of hydrogen-bond acceptors (Lipinski definition) is 1. The molecular formula is C19H18O. The van der Waals surface area contributed by atoms with Crippen LogP contribution in [0.15, 0.2) is 59.0 Å². The van der Waals surface area contributed by atoms with Crippen molar-refractivity contribution >= 4 is 0 Å². The summed E-state index contributed by atoms with van der Waals surface area (Å²) in [6, 6.07) is 18.9. The highest BCUT2D eigenvalue weighted by Gasteiger charge is 2.15. The van der Waals surface area contributed by atoms with Crippen molar-refractivity contribution in [2.75, 3.05) is 0 Å². The monoisotopic (exact) mass is 262 g/mol. The molecule has 1 nitrogen and oxygen atoms in total. The van der Waals surface area contributed by atoms with Crippen molar-refractivity contribution in [3.8, 4) is 22.5 Å². The van der Waals surface area contributed by atoms with E-state index in [9.17, 15) is 0 Å². The molecule has 0 saturated heterocycles. The van der Waals surface area contributed by atoms with Gasteiger partial charge in [-0.25, -0.2) is 0 Å². The highest BCUT2D eigenvalue weighted by atomic mass is 16.3. The summed E-state index contributed by atoms with van der Waals surface area (Å²) in [7, 11) is 0. The maximum Gasteiger partial charge on any atom is 0.142 e. The van der Waals surface area contributed by atoms with Gasteiger partial charge in [-0.3, -0.25) is 0 Å². The first-order valence-corrected chi connectivity index (χ1v) is 6.89. The van der Waals surface area contributed by atoms with Crippen LogP contribution in [-0.4, -0.2) is 0 Å². The van der Waals surface area contributed by atoms with Gasteiger partial charge >= 0.3 is 0 Å². The van der Waals surface area contributed by atoms with E-state index in [1.165, 1.54) is 22.3 Å². The predicted octanol–water partition coefficient (Wildman–Crippen LogP) is 5.54. The Hall–Kier alpha value is -2.28. The first-order valence-electron chi connectivity index (χ1n) is 6.89. The molecule has 0 unspecified atom stereocenters. The average molecular weight is 262 g/mol. The lowest BCUT2D eigenvalue weighted by Crippen LogP contribution is -1.87. The van der Waals surface area contributed by atoms with Gasteiger partial charge in [0.1, 0.15) is 11.5 Å². The molecule has 0 N–H and O–H groups in total. The van der Waals surface area contributed by atoms with Crippen LogP contribution in [0.1, 0.15) is 16.9 Å². The van der Waals surface area contributed by atoms with Crippen LogP contribution >= 0.6 is 0 Å². The Morgan fingerprint density at radius 3 is 2.25 bits per heavy atom. The summed E-state index contributed by atoms with van der Waals surface area (Å²) >= 11 is 0. The van der Waals surface area contributed by atoms with E-state index in [1.807, 2.05) is 13.0 Å². The molecule has 3 aromatic rings. The highest BCUT2D eigenvalue weighted by Crippen LogP contribution is 2.37. The lowest BCUT2D eigenvalue weighted by atomic mass is 9.97. The molecule has 0 fully saturated rings. The first kappa shape index (κ1) is 12.7. The van der Waals surface area contributed by atoms with Crippen molar-refractivity contribution in [1.29, 1.82) is 0 Å². The Kier molecular flexibility index (Phi) is 3.19. The summed E-state index contributed by atoms with van der Waals surface area (Å²) in [5.74, 6) is 1.91. The van der Waals surface area contributed by atoms with Crippen LogP contribution in [-0.2, 0) is 0 Å². The molecule has 0 saturated carbocycles. The Balaban J connectivity index is 2.23. The van der Waals surface area contributed by atoms with Crippen molar-refractivity contribution in [3.05, 3.63) is 71.5 Å². The van der Waals surface area contributed by atoms with Gasteiger partial charge in [-0.2, -0.15) is 0 Å². The number of aryl methyl sites for hydroxylation is 2. The second-order valence-corrected chi connectivity index (χ2v) is 5.21. The second-order valence-electron chi connectivity index (χ2n) is 5.21. The van der Waals surface area contributed by atoms with Crippen molar-refractivity contribution in [2.24, 2.45) is 0 Å². The Morgan fingerprint density at radius 2 is 1.50 bits per heavy atom. The third kappa shape index (κ3) is 2.16. The minimum absolute atomic E-state index is 0.944. The predicted molar refractivity (Wildman–Crippen MR) is 83.8 cm³/mol.